The summed E-state index contributed by atoms with van der Waals surface area (Å²) in [7, 11) is 0. The van der Waals surface area contributed by atoms with Crippen molar-refractivity contribution in [2.75, 3.05) is 19.7 Å². The lowest BCUT2D eigenvalue weighted by Crippen LogP contribution is -2.42. The lowest BCUT2D eigenvalue weighted by atomic mass is 10.0. The molecule has 0 spiro atoms. The first kappa shape index (κ1) is 28.7. The van der Waals surface area contributed by atoms with E-state index in [-0.39, 0.29) is 24.4 Å². The van der Waals surface area contributed by atoms with E-state index in [1.54, 1.807) is 17.9 Å². The van der Waals surface area contributed by atoms with Crippen LogP contribution in [-0.4, -0.2) is 53.8 Å². The molecule has 0 bridgehead atoms. The predicted molar refractivity (Wildman–Crippen MR) is 132 cm³/mol. The molecule has 0 aliphatic heterocycles. The van der Waals surface area contributed by atoms with Crippen molar-refractivity contribution in [3.63, 3.8) is 0 Å². The van der Waals surface area contributed by atoms with Crippen LogP contribution in [0.4, 0.5) is 13.2 Å². The quantitative estimate of drug-likeness (QED) is 0.211. The van der Waals surface area contributed by atoms with Gasteiger partial charge in [0.15, 0.2) is 5.90 Å². The number of hydrogen-bond donors (Lipinski definition) is 0. The van der Waals surface area contributed by atoms with Gasteiger partial charge < -0.3 is 19.1 Å². The van der Waals surface area contributed by atoms with E-state index >= 15 is 0 Å². The number of nitrogens with zero attached hydrogens (tertiary/aromatic N) is 3. The topological polar surface area (TPSA) is 73.2 Å². The van der Waals surface area contributed by atoms with Gasteiger partial charge in [-0.3, -0.25) is 9.79 Å². The summed E-state index contributed by atoms with van der Waals surface area (Å²) in [4.78, 5) is 23.3. The van der Waals surface area contributed by atoms with E-state index in [0.29, 0.717) is 35.9 Å². The predicted octanol–water partition coefficient (Wildman–Crippen LogP) is 6.03. The number of pyridine rings is 1. The maximum absolute atomic E-state index is 13.5. The number of amides is 1. The average molecular weight is 508 g/mol. The number of ether oxygens (including phenoxy) is 3. The zero-order valence-electron chi connectivity index (χ0n) is 21.2. The Balaban J connectivity index is 2.14. The van der Waals surface area contributed by atoms with Gasteiger partial charge in [0.2, 0.25) is 5.88 Å². The minimum Gasteiger partial charge on any atom is -0.475 e. The molecular formula is C26H32F3N3O4. The number of rotatable bonds is 11. The highest BCUT2D eigenvalue weighted by molar-refractivity contribution is 5.99. The summed E-state index contributed by atoms with van der Waals surface area (Å²) in [6.45, 7) is 14.4. The number of alkyl halides is 3. The average Bonchev–Trinajstić information content (AvgIpc) is 2.81. The van der Waals surface area contributed by atoms with Crippen LogP contribution in [0.5, 0.6) is 11.6 Å². The number of aryl methyl sites for hydroxylation is 1. The van der Waals surface area contributed by atoms with Crippen molar-refractivity contribution in [2.45, 2.75) is 53.4 Å². The minimum absolute atomic E-state index is 0.0769. The first-order valence-electron chi connectivity index (χ1n) is 11.6. The van der Waals surface area contributed by atoms with Gasteiger partial charge in [-0.25, -0.2) is 4.98 Å². The molecular weight excluding hydrogens is 475 g/mol. The lowest BCUT2D eigenvalue weighted by Gasteiger charge is -2.29. The van der Waals surface area contributed by atoms with Crippen molar-refractivity contribution >= 4 is 17.6 Å². The molecule has 0 fully saturated rings. The maximum atomic E-state index is 13.5. The van der Waals surface area contributed by atoms with Gasteiger partial charge in [-0.05, 0) is 45.4 Å². The number of hydrogen-bond acceptors (Lipinski definition) is 6. The summed E-state index contributed by atoms with van der Waals surface area (Å²) < 4.78 is 52.1. The largest absolute Gasteiger partial charge is 0.573 e. The first-order chi connectivity index (χ1) is 16.9. The van der Waals surface area contributed by atoms with Crippen LogP contribution < -0.4 is 9.47 Å². The van der Waals surface area contributed by atoms with E-state index in [1.165, 1.54) is 6.07 Å². The monoisotopic (exact) mass is 507 g/mol. The van der Waals surface area contributed by atoms with E-state index in [0.717, 1.165) is 24.2 Å². The summed E-state index contributed by atoms with van der Waals surface area (Å²) in [6, 6.07) is 7.42. The molecule has 0 radical (unpaired) electrons. The second-order valence-corrected chi connectivity index (χ2v) is 8.11. The highest BCUT2D eigenvalue weighted by atomic mass is 19.4. The Morgan fingerprint density at radius 3 is 2.50 bits per heavy atom. The number of benzene rings is 1. The molecule has 1 amide bonds. The third kappa shape index (κ3) is 8.58. The molecule has 1 heterocycles. The molecule has 1 unspecified atom stereocenters. The molecule has 0 saturated carbocycles. The highest BCUT2D eigenvalue weighted by Gasteiger charge is 2.31. The molecule has 196 valence electrons. The van der Waals surface area contributed by atoms with E-state index < -0.39 is 12.1 Å². The number of aromatic nitrogens is 1. The number of likely N-dealkylation sites (N-methyl/N-ethyl adjacent to an activating group) is 1. The first-order valence-corrected chi connectivity index (χ1v) is 11.6. The van der Waals surface area contributed by atoms with Crippen LogP contribution in [0.3, 0.4) is 0 Å². The SMILES string of the molecule is C=C(OC(C)=NCCC)c1cc(C)ccc1C(=O)N(CC)C(C)COc1ccc(OC(F)(F)F)cn1. The van der Waals surface area contributed by atoms with Crippen LogP contribution in [0.15, 0.2) is 48.1 Å². The molecule has 1 aromatic heterocycles. The second-order valence-electron chi connectivity index (χ2n) is 8.11. The van der Waals surface area contributed by atoms with Crippen molar-refractivity contribution in [3.05, 3.63) is 59.8 Å². The van der Waals surface area contributed by atoms with Crippen LogP contribution in [0.25, 0.3) is 5.76 Å². The number of aliphatic imine (C=N–C) groups is 1. The molecule has 0 aliphatic carbocycles. The summed E-state index contributed by atoms with van der Waals surface area (Å²) in [6.07, 6.45) is -2.99. The van der Waals surface area contributed by atoms with E-state index in [4.69, 9.17) is 9.47 Å². The van der Waals surface area contributed by atoms with Gasteiger partial charge in [0.1, 0.15) is 18.1 Å². The van der Waals surface area contributed by atoms with Crippen molar-refractivity contribution in [1.29, 1.82) is 0 Å². The van der Waals surface area contributed by atoms with Gasteiger partial charge in [-0.15, -0.1) is 13.2 Å². The smallest absolute Gasteiger partial charge is 0.475 e. The number of carbonyl (C=O) groups excluding carboxylic acids is 1. The van der Waals surface area contributed by atoms with Gasteiger partial charge in [-0.2, -0.15) is 0 Å². The zero-order valence-corrected chi connectivity index (χ0v) is 21.2. The van der Waals surface area contributed by atoms with E-state index in [2.05, 4.69) is 21.3 Å². The highest BCUT2D eigenvalue weighted by Crippen LogP contribution is 2.25. The third-order valence-corrected chi connectivity index (χ3v) is 5.08. The molecule has 0 N–H and O–H groups in total. The van der Waals surface area contributed by atoms with Crippen LogP contribution in [0.2, 0.25) is 0 Å². The standard InChI is InChI=1S/C26H32F3N3O4/c1-7-13-30-20(6)35-19(5)23-14-17(3)9-11-22(23)25(33)32(8-2)18(4)16-34-24-12-10-21(15-31-24)36-26(27,28)29/h9-12,14-15,18H,5,7-8,13,16H2,1-4,6H3. The fourth-order valence-electron chi connectivity index (χ4n) is 3.36. The molecule has 10 heteroatoms. The molecule has 1 atom stereocenters. The normalized spacial score (nSPS) is 12.6. The van der Waals surface area contributed by atoms with Crippen LogP contribution >= 0.6 is 0 Å². The van der Waals surface area contributed by atoms with Crippen LogP contribution in [-0.2, 0) is 4.74 Å². The van der Waals surface area contributed by atoms with Gasteiger partial charge in [0.05, 0.1) is 17.8 Å². The number of carbonyl (C=O) groups is 1. The van der Waals surface area contributed by atoms with Gasteiger partial charge in [0, 0.05) is 31.6 Å². The Morgan fingerprint density at radius 2 is 1.92 bits per heavy atom. The zero-order chi connectivity index (χ0) is 26.9. The van der Waals surface area contributed by atoms with Crippen molar-refractivity contribution in [3.8, 4) is 11.6 Å². The summed E-state index contributed by atoms with van der Waals surface area (Å²) in [5.41, 5.74) is 1.94. The van der Waals surface area contributed by atoms with Gasteiger partial charge >= 0.3 is 6.36 Å². The lowest BCUT2D eigenvalue weighted by molar-refractivity contribution is -0.274. The van der Waals surface area contributed by atoms with E-state index in [1.807, 2.05) is 39.8 Å². The van der Waals surface area contributed by atoms with Crippen LogP contribution in [0, 0.1) is 6.92 Å². The van der Waals surface area contributed by atoms with Gasteiger partial charge in [0.25, 0.3) is 5.91 Å². The molecule has 2 aromatic rings. The Morgan fingerprint density at radius 1 is 1.19 bits per heavy atom. The maximum Gasteiger partial charge on any atom is 0.573 e. The molecule has 0 aliphatic rings. The molecule has 36 heavy (non-hydrogen) atoms. The molecule has 7 nitrogen and oxygen atoms in total. The van der Waals surface area contributed by atoms with E-state index in [9.17, 15) is 18.0 Å². The van der Waals surface area contributed by atoms with Crippen LogP contribution in [0.1, 0.15) is 55.6 Å². The minimum atomic E-state index is -4.80. The second kappa shape index (κ2) is 12.9. The Hall–Kier alpha value is -3.56. The van der Waals surface area contributed by atoms with Gasteiger partial charge in [-0.1, -0.05) is 25.1 Å². The molecule has 2 rings (SSSR count). The fourth-order valence-corrected chi connectivity index (χ4v) is 3.36. The fraction of sp³-hybridized carbons (Fsp3) is 0.423. The molecule has 0 saturated heterocycles. The Bertz CT molecular complexity index is 1070. The Labute approximate surface area is 209 Å². The van der Waals surface area contributed by atoms with Crippen molar-refractivity contribution in [2.24, 2.45) is 4.99 Å². The number of halogens is 3. The Kier molecular flexibility index (Phi) is 10.3. The molecule has 1 aromatic carbocycles. The summed E-state index contributed by atoms with van der Waals surface area (Å²) in [5.74, 6) is 0.218. The summed E-state index contributed by atoms with van der Waals surface area (Å²) >= 11 is 0. The summed E-state index contributed by atoms with van der Waals surface area (Å²) in [5, 5.41) is 0. The van der Waals surface area contributed by atoms with Crippen molar-refractivity contribution < 1.29 is 32.2 Å². The third-order valence-electron chi connectivity index (χ3n) is 5.08. The van der Waals surface area contributed by atoms with Crippen molar-refractivity contribution in [1.82, 2.24) is 9.88 Å².